The molecule has 0 unspecified atom stereocenters. The number of phenolic OH excluding ortho intramolecular Hbond substituents is 3. The Balaban J connectivity index is 1.71. The number of rotatable bonds is 2. The van der Waals surface area contributed by atoms with Gasteiger partial charge >= 0.3 is 0 Å². The van der Waals surface area contributed by atoms with Gasteiger partial charge in [0, 0.05) is 10.9 Å². The zero-order valence-electron chi connectivity index (χ0n) is 17.7. The Hall–Kier alpha value is -4.50. The fourth-order valence-electron chi connectivity index (χ4n) is 4.88. The fraction of sp³-hybridized carbons (Fsp3) is 0. The highest BCUT2D eigenvalue weighted by molar-refractivity contribution is 6.15. The van der Waals surface area contributed by atoms with Crippen molar-refractivity contribution in [2.24, 2.45) is 0 Å². The summed E-state index contributed by atoms with van der Waals surface area (Å²) in [5.41, 5.74) is 3.46. The number of hydrogen-bond donors (Lipinski definition) is 3. The van der Waals surface area contributed by atoms with Crippen LogP contribution in [0.1, 0.15) is 0 Å². The normalized spacial score (nSPS) is 11.4. The highest BCUT2D eigenvalue weighted by atomic mass is 16.3. The van der Waals surface area contributed by atoms with Crippen LogP contribution in [0.2, 0.25) is 0 Å². The van der Waals surface area contributed by atoms with Crippen LogP contribution in [0.4, 0.5) is 0 Å². The minimum atomic E-state index is 0.180. The molecule has 3 N–H and O–H groups in total. The van der Waals surface area contributed by atoms with E-state index in [1.165, 1.54) is 0 Å². The van der Waals surface area contributed by atoms with Crippen molar-refractivity contribution in [3.8, 4) is 39.5 Å². The lowest BCUT2D eigenvalue weighted by atomic mass is 9.88. The fourth-order valence-corrected chi connectivity index (χ4v) is 4.88. The van der Waals surface area contributed by atoms with E-state index in [2.05, 4.69) is 0 Å². The average molecular weight is 428 g/mol. The Morgan fingerprint density at radius 3 is 2.09 bits per heavy atom. The summed E-state index contributed by atoms with van der Waals surface area (Å²) in [6.45, 7) is 0. The van der Waals surface area contributed by atoms with Gasteiger partial charge in [-0.25, -0.2) is 0 Å². The highest BCUT2D eigenvalue weighted by Gasteiger charge is 2.17. The van der Waals surface area contributed by atoms with Gasteiger partial charge < -0.3 is 15.3 Å². The van der Waals surface area contributed by atoms with Crippen LogP contribution < -0.4 is 0 Å². The number of hydrogen-bond acceptors (Lipinski definition) is 3. The van der Waals surface area contributed by atoms with E-state index in [9.17, 15) is 15.3 Å². The zero-order chi connectivity index (χ0) is 22.5. The standard InChI is InChI=1S/C30H20O3/c31-20-12-13-21-19(17-20)6-3-8-23(21)25-14-15-26(24-9-4-10-27(32)30(24)25)29-22-7-2-1-5-18(22)11-16-28(29)33/h1-17,31-33H. The smallest absolute Gasteiger partial charge is 0.124 e. The van der Waals surface area contributed by atoms with Crippen LogP contribution >= 0.6 is 0 Å². The largest absolute Gasteiger partial charge is 0.508 e. The summed E-state index contributed by atoms with van der Waals surface area (Å²) in [7, 11) is 0. The van der Waals surface area contributed by atoms with E-state index in [1.807, 2.05) is 78.9 Å². The molecule has 0 atom stereocenters. The molecule has 0 aliphatic heterocycles. The zero-order valence-corrected chi connectivity index (χ0v) is 17.7. The van der Waals surface area contributed by atoms with Crippen molar-refractivity contribution >= 4 is 32.3 Å². The second-order valence-corrected chi connectivity index (χ2v) is 8.25. The van der Waals surface area contributed by atoms with Gasteiger partial charge in [0.1, 0.15) is 17.2 Å². The molecule has 0 fully saturated rings. The molecule has 0 amide bonds. The first-order valence-corrected chi connectivity index (χ1v) is 10.8. The number of fused-ring (bicyclic) bond motifs is 3. The van der Waals surface area contributed by atoms with E-state index in [0.717, 1.165) is 54.6 Å². The molecule has 0 aromatic heterocycles. The maximum Gasteiger partial charge on any atom is 0.124 e. The van der Waals surface area contributed by atoms with E-state index in [1.54, 1.807) is 24.3 Å². The van der Waals surface area contributed by atoms with Gasteiger partial charge in [-0.05, 0) is 67.9 Å². The lowest BCUT2D eigenvalue weighted by molar-refractivity contribution is 0.476. The second-order valence-electron chi connectivity index (χ2n) is 8.25. The molecule has 33 heavy (non-hydrogen) atoms. The van der Waals surface area contributed by atoms with Gasteiger partial charge in [-0.2, -0.15) is 0 Å². The summed E-state index contributed by atoms with van der Waals surface area (Å²) in [6, 6.07) is 32.4. The first-order chi connectivity index (χ1) is 16.1. The molecule has 0 bridgehead atoms. The molecular formula is C30H20O3. The van der Waals surface area contributed by atoms with Crippen molar-refractivity contribution in [3.63, 3.8) is 0 Å². The SMILES string of the molecule is Oc1ccc2c(-c3ccc(-c4c(O)ccc5ccccc45)c4cccc(O)c34)cccc2c1. The Labute approximate surface area is 190 Å². The molecule has 0 aliphatic carbocycles. The molecule has 6 aromatic carbocycles. The van der Waals surface area contributed by atoms with Crippen LogP contribution in [0.3, 0.4) is 0 Å². The molecule has 0 spiro atoms. The van der Waals surface area contributed by atoms with Gasteiger partial charge in [-0.3, -0.25) is 0 Å². The van der Waals surface area contributed by atoms with Crippen LogP contribution in [0.5, 0.6) is 17.2 Å². The maximum atomic E-state index is 11.0. The number of phenols is 3. The topological polar surface area (TPSA) is 60.7 Å². The van der Waals surface area contributed by atoms with Crippen LogP contribution in [0.15, 0.2) is 103 Å². The van der Waals surface area contributed by atoms with Crippen molar-refractivity contribution in [3.05, 3.63) is 103 Å². The molecule has 3 heteroatoms. The van der Waals surface area contributed by atoms with E-state index < -0.39 is 0 Å². The number of aromatic hydroxyl groups is 3. The summed E-state index contributed by atoms with van der Waals surface area (Å²) in [4.78, 5) is 0. The van der Waals surface area contributed by atoms with Gasteiger partial charge in [0.15, 0.2) is 0 Å². The second kappa shape index (κ2) is 7.28. The molecule has 0 aliphatic rings. The molecule has 0 saturated heterocycles. The van der Waals surface area contributed by atoms with Crippen LogP contribution in [0, 0.1) is 0 Å². The predicted octanol–water partition coefficient (Wildman–Crippen LogP) is 7.60. The molecule has 3 nitrogen and oxygen atoms in total. The molecule has 0 radical (unpaired) electrons. The van der Waals surface area contributed by atoms with E-state index >= 15 is 0 Å². The van der Waals surface area contributed by atoms with Crippen molar-refractivity contribution in [1.82, 2.24) is 0 Å². The minimum absolute atomic E-state index is 0.180. The van der Waals surface area contributed by atoms with E-state index in [-0.39, 0.29) is 17.2 Å². The van der Waals surface area contributed by atoms with Crippen LogP contribution in [0.25, 0.3) is 54.6 Å². The van der Waals surface area contributed by atoms with Crippen molar-refractivity contribution in [2.75, 3.05) is 0 Å². The maximum absolute atomic E-state index is 11.0. The highest BCUT2D eigenvalue weighted by Crippen LogP contribution is 2.45. The molecule has 158 valence electrons. The first-order valence-electron chi connectivity index (χ1n) is 10.8. The van der Waals surface area contributed by atoms with Crippen LogP contribution in [-0.4, -0.2) is 15.3 Å². The molecule has 6 rings (SSSR count). The first kappa shape index (κ1) is 19.2. The minimum Gasteiger partial charge on any atom is -0.508 e. The predicted molar refractivity (Wildman–Crippen MR) is 135 cm³/mol. The Bertz CT molecular complexity index is 1700. The summed E-state index contributed by atoms with van der Waals surface area (Å²) in [6.07, 6.45) is 0. The van der Waals surface area contributed by atoms with Gasteiger partial charge in [-0.1, -0.05) is 78.9 Å². The summed E-state index contributed by atoms with van der Waals surface area (Å²) in [5.74, 6) is 0.598. The summed E-state index contributed by atoms with van der Waals surface area (Å²) < 4.78 is 0. The van der Waals surface area contributed by atoms with Crippen molar-refractivity contribution < 1.29 is 15.3 Å². The molecule has 0 saturated carbocycles. The lowest BCUT2D eigenvalue weighted by Crippen LogP contribution is -1.89. The van der Waals surface area contributed by atoms with Crippen LogP contribution in [-0.2, 0) is 0 Å². The monoisotopic (exact) mass is 428 g/mol. The third kappa shape index (κ3) is 2.98. The van der Waals surface area contributed by atoms with Gasteiger partial charge in [-0.15, -0.1) is 0 Å². The Kier molecular flexibility index (Phi) is 4.24. The average Bonchev–Trinajstić information content (AvgIpc) is 2.83. The van der Waals surface area contributed by atoms with Crippen molar-refractivity contribution in [1.29, 1.82) is 0 Å². The van der Waals surface area contributed by atoms with Gasteiger partial charge in [0.25, 0.3) is 0 Å². The third-order valence-electron chi connectivity index (χ3n) is 6.35. The van der Waals surface area contributed by atoms with E-state index in [0.29, 0.717) is 0 Å². The Morgan fingerprint density at radius 1 is 0.424 bits per heavy atom. The molecular weight excluding hydrogens is 408 g/mol. The van der Waals surface area contributed by atoms with E-state index in [4.69, 9.17) is 0 Å². The van der Waals surface area contributed by atoms with Gasteiger partial charge in [0.2, 0.25) is 0 Å². The quantitative estimate of drug-likeness (QED) is 0.266. The third-order valence-corrected chi connectivity index (χ3v) is 6.35. The summed E-state index contributed by atoms with van der Waals surface area (Å²) in [5, 5.41) is 37.2. The molecule has 6 aromatic rings. The Morgan fingerprint density at radius 2 is 1.18 bits per heavy atom. The summed E-state index contributed by atoms with van der Waals surface area (Å²) >= 11 is 0. The molecule has 0 heterocycles. The van der Waals surface area contributed by atoms with Crippen molar-refractivity contribution in [2.45, 2.75) is 0 Å². The van der Waals surface area contributed by atoms with Gasteiger partial charge in [0.05, 0.1) is 0 Å². The number of benzene rings is 6. The lowest BCUT2D eigenvalue weighted by Gasteiger charge is -2.17.